The molecule has 0 saturated heterocycles. The van der Waals surface area contributed by atoms with E-state index in [0.717, 1.165) is 11.1 Å². The van der Waals surface area contributed by atoms with Gasteiger partial charge in [-0.05, 0) is 51.0 Å². The van der Waals surface area contributed by atoms with Gasteiger partial charge in [0.05, 0.1) is 11.9 Å². The van der Waals surface area contributed by atoms with E-state index >= 15 is 0 Å². The van der Waals surface area contributed by atoms with E-state index in [2.05, 4.69) is 9.82 Å². The highest BCUT2D eigenvalue weighted by Crippen LogP contribution is 2.21. The number of nitrogens with zero attached hydrogens (tertiary/aromatic N) is 2. The van der Waals surface area contributed by atoms with Crippen LogP contribution in [-0.4, -0.2) is 18.2 Å². The Morgan fingerprint density at radius 2 is 1.75 bits per heavy atom. The molecular weight excluding hydrogens is 274 g/mol. The van der Waals surface area contributed by atoms with Crippen molar-refractivity contribution >= 4 is 15.7 Å². The number of benzene rings is 1. The maximum Gasteiger partial charge on any atom is 0.265 e. The summed E-state index contributed by atoms with van der Waals surface area (Å²) in [6, 6.07) is 5.62. The van der Waals surface area contributed by atoms with Gasteiger partial charge in [-0.1, -0.05) is 6.07 Å². The first-order valence-electron chi connectivity index (χ1n) is 6.47. The molecule has 0 fully saturated rings. The highest BCUT2D eigenvalue weighted by Gasteiger charge is 2.20. The van der Waals surface area contributed by atoms with Crippen molar-refractivity contribution in [2.75, 3.05) is 4.72 Å². The Hall–Kier alpha value is -1.82. The van der Waals surface area contributed by atoms with Gasteiger partial charge in [-0.3, -0.25) is 9.40 Å². The molecule has 1 aromatic heterocycles. The van der Waals surface area contributed by atoms with E-state index in [0.29, 0.717) is 17.9 Å². The van der Waals surface area contributed by atoms with Crippen molar-refractivity contribution in [2.45, 2.75) is 39.1 Å². The normalized spacial score (nSPS) is 11.6. The van der Waals surface area contributed by atoms with Crippen molar-refractivity contribution in [3.63, 3.8) is 0 Å². The van der Waals surface area contributed by atoms with Crippen molar-refractivity contribution in [3.8, 4) is 0 Å². The smallest absolute Gasteiger partial charge is 0.265 e. The van der Waals surface area contributed by atoms with E-state index in [1.165, 1.54) is 6.20 Å². The third-order valence-corrected chi connectivity index (χ3v) is 4.61. The third kappa shape index (κ3) is 2.85. The minimum atomic E-state index is -3.60. The fourth-order valence-corrected chi connectivity index (χ4v) is 3.47. The zero-order valence-electron chi connectivity index (χ0n) is 12.1. The molecule has 108 valence electrons. The quantitative estimate of drug-likeness (QED) is 0.942. The summed E-state index contributed by atoms with van der Waals surface area (Å²) in [5.41, 5.74) is 3.25. The molecule has 6 heteroatoms. The second-order valence-electron chi connectivity index (χ2n) is 4.89. The predicted octanol–water partition coefficient (Wildman–Crippen LogP) is 2.63. The van der Waals surface area contributed by atoms with Crippen LogP contribution in [0.15, 0.2) is 29.3 Å². The number of sulfonamides is 1. The lowest BCUT2D eigenvalue weighted by atomic mass is 10.1. The molecule has 1 heterocycles. The lowest BCUT2D eigenvalue weighted by molar-refractivity contribution is 0.598. The van der Waals surface area contributed by atoms with Crippen LogP contribution < -0.4 is 4.72 Å². The average Bonchev–Trinajstić information content (AvgIpc) is 2.68. The highest BCUT2D eigenvalue weighted by atomic mass is 32.2. The lowest BCUT2D eigenvalue weighted by Gasteiger charge is -2.09. The number of anilines is 1. The highest BCUT2D eigenvalue weighted by molar-refractivity contribution is 7.92. The molecule has 1 N–H and O–H groups in total. The van der Waals surface area contributed by atoms with Gasteiger partial charge in [0.2, 0.25) is 0 Å². The average molecular weight is 293 g/mol. The number of aromatic nitrogens is 2. The second-order valence-corrected chi connectivity index (χ2v) is 6.54. The molecule has 20 heavy (non-hydrogen) atoms. The molecule has 0 amide bonds. The molecule has 0 saturated carbocycles. The van der Waals surface area contributed by atoms with Crippen LogP contribution in [0.1, 0.15) is 23.7 Å². The lowest BCUT2D eigenvalue weighted by Crippen LogP contribution is -2.14. The van der Waals surface area contributed by atoms with Crippen LogP contribution in [-0.2, 0) is 16.6 Å². The summed E-state index contributed by atoms with van der Waals surface area (Å²) in [5, 5.41) is 4.07. The third-order valence-electron chi connectivity index (χ3n) is 3.12. The van der Waals surface area contributed by atoms with Crippen molar-refractivity contribution in [1.82, 2.24) is 9.78 Å². The Kier molecular flexibility index (Phi) is 3.85. The number of hydrogen-bond donors (Lipinski definition) is 1. The molecule has 0 spiro atoms. The first-order valence-corrected chi connectivity index (χ1v) is 7.95. The van der Waals surface area contributed by atoms with Crippen molar-refractivity contribution in [2.24, 2.45) is 0 Å². The van der Waals surface area contributed by atoms with Gasteiger partial charge in [0.15, 0.2) is 0 Å². The minimum absolute atomic E-state index is 0.221. The van der Waals surface area contributed by atoms with Crippen LogP contribution in [0.3, 0.4) is 0 Å². The van der Waals surface area contributed by atoms with Gasteiger partial charge in [0, 0.05) is 12.2 Å². The molecule has 5 nitrogen and oxygen atoms in total. The second kappa shape index (κ2) is 5.28. The van der Waals surface area contributed by atoms with E-state index in [9.17, 15) is 8.42 Å². The standard InChI is InChI=1S/C14H19N3O2S/c1-5-17-12(4)14(9-15-17)20(18,19)16-13-7-10(2)6-11(3)8-13/h6-9,16H,5H2,1-4H3. The molecule has 0 radical (unpaired) electrons. The van der Waals surface area contributed by atoms with E-state index < -0.39 is 10.0 Å². The molecule has 1 aromatic carbocycles. The molecule has 0 aliphatic carbocycles. The maximum absolute atomic E-state index is 12.4. The molecule has 2 rings (SSSR count). The SMILES string of the molecule is CCn1ncc(S(=O)(=O)Nc2cc(C)cc(C)c2)c1C. The number of aryl methyl sites for hydroxylation is 3. The first-order chi connectivity index (χ1) is 9.33. The van der Waals surface area contributed by atoms with Crippen LogP contribution in [0.4, 0.5) is 5.69 Å². The largest absolute Gasteiger partial charge is 0.280 e. The summed E-state index contributed by atoms with van der Waals surface area (Å²) in [6.45, 7) is 8.20. The van der Waals surface area contributed by atoms with Crippen LogP contribution in [0.5, 0.6) is 0 Å². The van der Waals surface area contributed by atoms with Gasteiger partial charge in [0.1, 0.15) is 4.90 Å². The molecule has 0 aliphatic heterocycles. The topological polar surface area (TPSA) is 64.0 Å². The van der Waals surface area contributed by atoms with E-state index in [1.807, 2.05) is 39.0 Å². The fraction of sp³-hybridized carbons (Fsp3) is 0.357. The summed E-state index contributed by atoms with van der Waals surface area (Å²) >= 11 is 0. The van der Waals surface area contributed by atoms with E-state index in [-0.39, 0.29) is 4.90 Å². The fourth-order valence-electron chi connectivity index (χ4n) is 2.26. The van der Waals surface area contributed by atoms with Gasteiger partial charge in [-0.15, -0.1) is 0 Å². The van der Waals surface area contributed by atoms with Crippen LogP contribution in [0.2, 0.25) is 0 Å². The summed E-state index contributed by atoms with van der Waals surface area (Å²) in [6.07, 6.45) is 1.39. The first kappa shape index (κ1) is 14.6. The Bertz CT molecular complexity index is 713. The molecule has 0 bridgehead atoms. The molecular formula is C14H19N3O2S. The van der Waals surface area contributed by atoms with Crippen LogP contribution in [0, 0.1) is 20.8 Å². The van der Waals surface area contributed by atoms with Gasteiger partial charge >= 0.3 is 0 Å². The zero-order valence-corrected chi connectivity index (χ0v) is 13.0. The molecule has 0 aliphatic rings. The Morgan fingerprint density at radius 3 is 2.25 bits per heavy atom. The van der Waals surface area contributed by atoms with Gasteiger partial charge in [-0.25, -0.2) is 8.42 Å². The summed E-state index contributed by atoms with van der Waals surface area (Å²) in [4.78, 5) is 0.221. The number of rotatable bonds is 4. The summed E-state index contributed by atoms with van der Waals surface area (Å²) in [5.74, 6) is 0. The molecule has 0 atom stereocenters. The van der Waals surface area contributed by atoms with Gasteiger partial charge < -0.3 is 0 Å². The number of hydrogen-bond acceptors (Lipinski definition) is 3. The zero-order chi connectivity index (χ0) is 14.9. The predicted molar refractivity (Wildman–Crippen MR) is 79.4 cm³/mol. The van der Waals surface area contributed by atoms with E-state index in [4.69, 9.17) is 0 Å². The maximum atomic E-state index is 12.4. The summed E-state index contributed by atoms with van der Waals surface area (Å²) in [7, 11) is -3.60. The Labute approximate surface area is 119 Å². The number of nitrogens with one attached hydrogen (secondary N) is 1. The molecule has 2 aromatic rings. The Balaban J connectivity index is 2.38. The van der Waals surface area contributed by atoms with Crippen LogP contribution >= 0.6 is 0 Å². The minimum Gasteiger partial charge on any atom is -0.280 e. The molecule has 0 unspecified atom stereocenters. The monoisotopic (exact) mass is 293 g/mol. The van der Waals surface area contributed by atoms with Crippen molar-refractivity contribution < 1.29 is 8.42 Å². The van der Waals surface area contributed by atoms with Gasteiger partial charge in [0.25, 0.3) is 10.0 Å². The van der Waals surface area contributed by atoms with Crippen molar-refractivity contribution in [1.29, 1.82) is 0 Å². The summed E-state index contributed by atoms with van der Waals surface area (Å²) < 4.78 is 29.1. The van der Waals surface area contributed by atoms with E-state index in [1.54, 1.807) is 11.6 Å². The van der Waals surface area contributed by atoms with Crippen LogP contribution in [0.25, 0.3) is 0 Å². The van der Waals surface area contributed by atoms with Crippen molar-refractivity contribution in [3.05, 3.63) is 41.2 Å². The van der Waals surface area contributed by atoms with Gasteiger partial charge in [-0.2, -0.15) is 5.10 Å². The Morgan fingerprint density at radius 1 is 1.15 bits per heavy atom.